The van der Waals surface area contributed by atoms with Gasteiger partial charge in [0.05, 0.1) is 20.4 Å². The van der Waals surface area contributed by atoms with Crippen molar-refractivity contribution >= 4 is 81.9 Å². The van der Waals surface area contributed by atoms with Crippen molar-refractivity contribution in [3.8, 4) is 32.5 Å². The molecule has 0 fully saturated rings. The molecular formula is C44H27N3OS2. The van der Waals surface area contributed by atoms with E-state index in [9.17, 15) is 0 Å². The first-order valence-electron chi connectivity index (χ1n) is 16.5. The van der Waals surface area contributed by atoms with Crippen LogP contribution >= 0.6 is 22.7 Å². The first kappa shape index (κ1) is 28.9. The summed E-state index contributed by atoms with van der Waals surface area (Å²) in [4.78, 5) is 12.1. The van der Waals surface area contributed by atoms with Crippen LogP contribution in [0.15, 0.2) is 168 Å². The molecule has 0 radical (unpaired) electrons. The van der Waals surface area contributed by atoms with Crippen LogP contribution in [0.1, 0.15) is 0 Å². The third-order valence-electron chi connectivity index (χ3n) is 9.15. The molecule has 0 aliphatic carbocycles. The van der Waals surface area contributed by atoms with E-state index in [1.54, 1.807) is 22.7 Å². The monoisotopic (exact) mass is 677 g/mol. The molecule has 3 aromatic heterocycles. The molecule has 0 spiro atoms. The lowest BCUT2D eigenvalue weighted by Crippen LogP contribution is -2.09. The molecule has 0 N–H and O–H groups in total. The van der Waals surface area contributed by atoms with Gasteiger partial charge < -0.3 is 9.32 Å². The molecule has 0 atom stereocenters. The molecule has 10 rings (SSSR count). The maximum absolute atomic E-state index is 6.47. The molecule has 236 valence electrons. The Balaban J connectivity index is 1.03. The number of hydrogen-bond acceptors (Lipinski definition) is 6. The summed E-state index contributed by atoms with van der Waals surface area (Å²) >= 11 is 3.44. The molecule has 0 unspecified atom stereocenters. The minimum Gasteiger partial charge on any atom is -0.455 e. The smallest absolute Gasteiger partial charge is 0.142 e. The maximum Gasteiger partial charge on any atom is 0.142 e. The van der Waals surface area contributed by atoms with Gasteiger partial charge in [0.15, 0.2) is 0 Å². The minimum atomic E-state index is 0.856. The van der Waals surface area contributed by atoms with Crippen LogP contribution in [0.3, 0.4) is 0 Å². The quantitative estimate of drug-likeness (QED) is 0.176. The Hall–Kier alpha value is -6.08. The number of thiazole rings is 2. The van der Waals surface area contributed by atoms with Crippen molar-refractivity contribution in [2.24, 2.45) is 0 Å². The largest absolute Gasteiger partial charge is 0.455 e. The number of para-hydroxylation sites is 2. The molecule has 10 aromatic rings. The average Bonchev–Trinajstić information content (AvgIpc) is 3.93. The highest BCUT2D eigenvalue weighted by molar-refractivity contribution is 7.22. The van der Waals surface area contributed by atoms with Crippen LogP contribution in [0.25, 0.3) is 74.6 Å². The number of benzene rings is 7. The molecule has 0 aliphatic rings. The maximum atomic E-state index is 6.47. The van der Waals surface area contributed by atoms with Crippen LogP contribution in [0.5, 0.6) is 0 Å². The summed E-state index contributed by atoms with van der Waals surface area (Å²) in [6.07, 6.45) is 0. The lowest BCUT2D eigenvalue weighted by Gasteiger charge is -2.26. The normalized spacial score (nSPS) is 11.6. The Kier molecular flexibility index (Phi) is 6.82. The summed E-state index contributed by atoms with van der Waals surface area (Å²) in [6, 6.07) is 57.4. The average molecular weight is 678 g/mol. The first-order chi connectivity index (χ1) is 24.7. The van der Waals surface area contributed by atoms with Gasteiger partial charge in [0.1, 0.15) is 21.4 Å². The van der Waals surface area contributed by atoms with Crippen LogP contribution < -0.4 is 4.90 Å². The van der Waals surface area contributed by atoms with Gasteiger partial charge >= 0.3 is 0 Å². The van der Waals surface area contributed by atoms with Crippen molar-refractivity contribution < 1.29 is 4.42 Å². The van der Waals surface area contributed by atoms with Gasteiger partial charge in [-0.1, -0.05) is 60.7 Å². The van der Waals surface area contributed by atoms with Crippen LogP contribution in [-0.4, -0.2) is 9.97 Å². The molecule has 0 saturated heterocycles. The second-order valence-electron chi connectivity index (χ2n) is 12.3. The molecule has 0 saturated carbocycles. The second-order valence-corrected chi connectivity index (χ2v) is 14.3. The van der Waals surface area contributed by atoms with E-state index in [2.05, 4.69) is 157 Å². The van der Waals surface area contributed by atoms with Gasteiger partial charge in [-0.3, -0.25) is 0 Å². The van der Waals surface area contributed by atoms with Crippen LogP contribution in [0, 0.1) is 0 Å². The number of nitrogens with zero attached hydrogens (tertiary/aromatic N) is 3. The number of rotatable bonds is 6. The number of hydrogen-bond donors (Lipinski definition) is 0. The summed E-state index contributed by atoms with van der Waals surface area (Å²) in [5.74, 6) is 0.856. The molecule has 50 heavy (non-hydrogen) atoms. The summed E-state index contributed by atoms with van der Waals surface area (Å²) in [6.45, 7) is 0. The minimum absolute atomic E-state index is 0.856. The van der Waals surface area contributed by atoms with E-state index in [0.717, 1.165) is 76.9 Å². The Morgan fingerprint density at radius 1 is 0.440 bits per heavy atom. The highest BCUT2D eigenvalue weighted by Crippen LogP contribution is 2.40. The van der Waals surface area contributed by atoms with Crippen LogP contribution in [-0.2, 0) is 0 Å². The molecule has 7 aromatic carbocycles. The summed E-state index contributed by atoms with van der Waals surface area (Å²) in [5, 5.41) is 5.45. The fourth-order valence-corrected chi connectivity index (χ4v) is 8.57. The lowest BCUT2D eigenvalue weighted by molar-refractivity contribution is 0.635. The predicted octanol–water partition coefficient (Wildman–Crippen LogP) is 13.3. The number of furan rings is 1. The molecule has 4 nitrogen and oxygen atoms in total. The van der Waals surface area contributed by atoms with Gasteiger partial charge in [0, 0.05) is 44.5 Å². The zero-order chi connectivity index (χ0) is 33.0. The topological polar surface area (TPSA) is 42.2 Å². The Bertz CT molecular complexity index is 2630. The third kappa shape index (κ3) is 5.05. The van der Waals surface area contributed by atoms with Crippen LogP contribution in [0.4, 0.5) is 17.1 Å². The fourth-order valence-electron chi connectivity index (χ4n) is 6.63. The molecular weight excluding hydrogens is 651 g/mol. The molecule has 0 aliphatic heterocycles. The van der Waals surface area contributed by atoms with Gasteiger partial charge in [0.25, 0.3) is 0 Å². The van der Waals surface area contributed by atoms with Gasteiger partial charge in [0.2, 0.25) is 0 Å². The summed E-state index contributed by atoms with van der Waals surface area (Å²) in [5.41, 5.74) is 9.40. The first-order valence-corrected chi connectivity index (χ1v) is 18.1. The predicted molar refractivity (Wildman–Crippen MR) is 211 cm³/mol. The van der Waals surface area contributed by atoms with E-state index in [1.165, 1.54) is 14.8 Å². The van der Waals surface area contributed by atoms with Crippen molar-refractivity contribution in [1.29, 1.82) is 0 Å². The number of fused-ring (bicyclic) bond motifs is 5. The zero-order valence-corrected chi connectivity index (χ0v) is 28.3. The Labute approximate surface area is 296 Å². The molecule has 3 heterocycles. The van der Waals surface area contributed by atoms with Gasteiger partial charge in [-0.15, -0.1) is 22.7 Å². The van der Waals surface area contributed by atoms with Gasteiger partial charge in [-0.2, -0.15) is 0 Å². The van der Waals surface area contributed by atoms with Crippen molar-refractivity contribution in [3.05, 3.63) is 164 Å². The van der Waals surface area contributed by atoms with Crippen molar-refractivity contribution in [3.63, 3.8) is 0 Å². The summed E-state index contributed by atoms with van der Waals surface area (Å²) in [7, 11) is 0. The lowest BCUT2D eigenvalue weighted by atomic mass is 10.1. The highest BCUT2D eigenvalue weighted by atomic mass is 32.1. The standard InChI is InChI=1S/C44H27N3OS2/c1-2-8-36-28(7-1)13-14-32-27-39(48-42(32)36)29-15-21-33(22-16-29)47(34-23-17-30(18-24-34)43-45-37-9-3-5-11-40(37)49-43)35-25-19-31(20-26-35)44-46-38-10-4-6-12-41(38)50-44/h1-27H. The van der Waals surface area contributed by atoms with E-state index in [0.29, 0.717) is 0 Å². The van der Waals surface area contributed by atoms with Gasteiger partial charge in [-0.25, -0.2) is 9.97 Å². The van der Waals surface area contributed by atoms with E-state index in [1.807, 2.05) is 12.1 Å². The van der Waals surface area contributed by atoms with Crippen molar-refractivity contribution in [2.75, 3.05) is 4.90 Å². The van der Waals surface area contributed by atoms with Crippen LogP contribution in [0.2, 0.25) is 0 Å². The molecule has 0 amide bonds. The van der Waals surface area contributed by atoms with E-state index in [-0.39, 0.29) is 0 Å². The molecule has 6 heteroatoms. The van der Waals surface area contributed by atoms with Crippen molar-refractivity contribution in [2.45, 2.75) is 0 Å². The van der Waals surface area contributed by atoms with E-state index in [4.69, 9.17) is 14.4 Å². The summed E-state index contributed by atoms with van der Waals surface area (Å²) < 4.78 is 8.85. The SMILES string of the molecule is c1ccc2c(c1)ccc1cc(-c3ccc(N(c4ccc(-c5nc6ccccc6s5)cc4)c4ccc(-c5nc6ccccc6s5)cc4)cc3)oc12. The molecule has 0 bridgehead atoms. The second kappa shape index (κ2) is 11.8. The number of anilines is 3. The van der Waals surface area contributed by atoms with Crippen molar-refractivity contribution in [1.82, 2.24) is 9.97 Å². The zero-order valence-electron chi connectivity index (χ0n) is 26.7. The van der Waals surface area contributed by atoms with E-state index >= 15 is 0 Å². The third-order valence-corrected chi connectivity index (χ3v) is 11.3. The fraction of sp³-hybridized carbons (Fsp3) is 0. The van der Waals surface area contributed by atoms with E-state index < -0.39 is 0 Å². The Morgan fingerprint density at radius 2 is 0.920 bits per heavy atom. The Morgan fingerprint density at radius 3 is 1.48 bits per heavy atom. The number of aromatic nitrogens is 2. The highest BCUT2D eigenvalue weighted by Gasteiger charge is 2.16. The van der Waals surface area contributed by atoms with Gasteiger partial charge in [-0.05, 0) is 109 Å².